The molecule has 1 N–H and O–H groups in total. The summed E-state index contributed by atoms with van der Waals surface area (Å²) in [7, 11) is 1.68. The lowest BCUT2D eigenvalue weighted by Gasteiger charge is -2.16. The Labute approximate surface area is 117 Å². The second-order valence-electron chi connectivity index (χ2n) is 5.35. The quantitative estimate of drug-likeness (QED) is 0.778. The van der Waals surface area contributed by atoms with Crippen LogP contribution in [0.1, 0.15) is 39.7 Å². The molecule has 3 heteroatoms. The SMILES string of the molecule is CCC(C)Oc1ccc(CNCC(C)C)cc1OC. The van der Waals surface area contributed by atoms with Crippen molar-refractivity contribution in [2.24, 2.45) is 5.92 Å². The summed E-state index contributed by atoms with van der Waals surface area (Å²) in [4.78, 5) is 0. The summed E-state index contributed by atoms with van der Waals surface area (Å²) in [6.45, 7) is 10.5. The van der Waals surface area contributed by atoms with Crippen molar-refractivity contribution in [3.8, 4) is 11.5 Å². The van der Waals surface area contributed by atoms with Crippen LogP contribution in [-0.2, 0) is 6.54 Å². The fraction of sp³-hybridized carbons (Fsp3) is 0.625. The van der Waals surface area contributed by atoms with Crippen molar-refractivity contribution in [1.29, 1.82) is 0 Å². The molecule has 0 spiro atoms. The average molecular weight is 265 g/mol. The van der Waals surface area contributed by atoms with Crippen LogP contribution in [0, 0.1) is 5.92 Å². The first-order valence-electron chi connectivity index (χ1n) is 7.11. The van der Waals surface area contributed by atoms with E-state index in [1.807, 2.05) is 12.1 Å². The van der Waals surface area contributed by atoms with Crippen LogP contribution in [0.3, 0.4) is 0 Å². The van der Waals surface area contributed by atoms with E-state index in [1.54, 1.807) is 7.11 Å². The molecular formula is C16H27NO2. The smallest absolute Gasteiger partial charge is 0.161 e. The van der Waals surface area contributed by atoms with E-state index in [1.165, 1.54) is 5.56 Å². The van der Waals surface area contributed by atoms with Crippen molar-refractivity contribution in [2.45, 2.75) is 46.8 Å². The van der Waals surface area contributed by atoms with Crippen LogP contribution < -0.4 is 14.8 Å². The van der Waals surface area contributed by atoms with Crippen LogP contribution in [-0.4, -0.2) is 19.8 Å². The highest BCUT2D eigenvalue weighted by Crippen LogP contribution is 2.29. The van der Waals surface area contributed by atoms with E-state index in [2.05, 4.69) is 39.1 Å². The van der Waals surface area contributed by atoms with E-state index in [9.17, 15) is 0 Å². The van der Waals surface area contributed by atoms with Gasteiger partial charge in [0.2, 0.25) is 0 Å². The maximum absolute atomic E-state index is 5.84. The molecule has 0 aliphatic carbocycles. The number of benzene rings is 1. The van der Waals surface area contributed by atoms with Crippen molar-refractivity contribution < 1.29 is 9.47 Å². The molecular weight excluding hydrogens is 238 g/mol. The van der Waals surface area contributed by atoms with Gasteiger partial charge < -0.3 is 14.8 Å². The van der Waals surface area contributed by atoms with Crippen LogP contribution in [0.15, 0.2) is 18.2 Å². The molecule has 3 nitrogen and oxygen atoms in total. The average Bonchev–Trinajstić information content (AvgIpc) is 2.39. The Kier molecular flexibility index (Phi) is 6.71. The summed E-state index contributed by atoms with van der Waals surface area (Å²) in [6, 6.07) is 6.13. The van der Waals surface area contributed by atoms with Crippen molar-refractivity contribution in [3.05, 3.63) is 23.8 Å². The highest BCUT2D eigenvalue weighted by Gasteiger charge is 2.08. The van der Waals surface area contributed by atoms with Crippen LogP contribution in [0.25, 0.3) is 0 Å². The third-order valence-corrected chi connectivity index (χ3v) is 3.01. The number of nitrogens with one attached hydrogen (secondary N) is 1. The van der Waals surface area contributed by atoms with Gasteiger partial charge in [-0.2, -0.15) is 0 Å². The standard InChI is InChI=1S/C16H27NO2/c1-6-13(4)19-15-8-7-14(9-16(15)18-5)11-17-10-12(2)3/h7-9,12-13,17H,6,10-11H2,1-5H3. The van der Waals surface area contributed by atoms with Gasteiger partial charge >= 0.3 is 0 Å². The fourth-order valence-corrected chi connectivity index (χ4v) is 1.72. The molecule has 0 aliphatic rings. The molecule has 0 radical (unpaired) electrons. The van der Waals surface area contributed by atoms with Crippen LogP contribution in [0.5, 0.6) is 11.5 Å². The van der Waals surface area contributed by atoms with E-state index in [0.29, 0.717) is 5.92 Å². The summed E-state index contributed by atoms with van der Waals surface area (Å²) < 4.78 is 11.2. The summed E-state index contributed by atoms with van der Waals surface area (Å²) in [6.07, 6.45) is 1.19. The third-order valence-electron chi connectivity index (χ3n) is 3.01. The highest BCUT2D eigenvalue weighted by molar-refractivity contribution is 5.43. The molecule has 108 valence electrons. The first-order valence-corrected chi connectivity index (χ1v) is 7.11. The molecule has 0 aromatic heterocycles. The van der Waals surface area contributed by atoms with Crippen LogP contribution in [0.2, 0.25) is 0 Å². The van der Waals surface area contributed by atoms with E-state index in [-0.39, 0.29) is 6.10 Å². The predicted octanol–water partition coefficient (Wildman–Crippen LogP) is 3.62. The Morgan fingerprint density at radius 3 is 2.47 bits per heavy atom. The van der Waals surface area contributed by atoms with Gasteiger partial charge in [0.05, 0.1) is 13.2 Å². The minimum absolute atomic E-state index is 0.207. The lowest BCUT2D eigenvalue weighted by atomic mass is 10.1. The molecule has 0 heterocycles. The summed E-state index contributed by atoms with van der Waals surface area (Å²) in [5, 5.41) is 3.43. The second-order valence-corrected chi connectivity index (χ2v) is 5.35. The van der Waals surface area contributed by atoms with Crippen molar-refractivity contribution in [1.82, 2.24) is 5.32 Å². The van der Waals surface area contributed by atoms with Gasteiger partial charge in [-0.15, -0.1) is 0 Å². The minimum atomic E-state index is 0.207. The number of hydrogen-bond donors (Lipinski definition) is 1. The summed E-state index contributed by atoms with van der Waals surface area (Å²) >= 11 is 0. The first-order chi connectivity index (χ1) is 9.06. The number of ether oxygens (including phenoxy) is 2. The van der Waals surface area contributed by atoms with E-state index in [0.717, 1.165) is 31.0 Å². The second kappa shape index (κ2) is 8.05. The molecule has 0 aliphatic heterocycles. The van der Waals surface area contributed by atoms with Gasteiger partial charge in [-0.3, -0.25) is 0 Å². The molecule has 19 heavy (non-hydrogen) atoms. The molecule has 0 saturated carbocycles. The van der Waals surface area contributed by atoms with Gasteiger partial charge in [0.15, 0.2) is 11.5 Å². The van der Waals surface area contributed by atoms with E-state index < -0.39 is 0 Å². The largest absolute Gasteiger partial charge is 0.493 e. The van der Waals surface area contributed by atoms with E-state index >= 15 is 0 Å². The summed E-state index contributed by atoms with van der Waals surface area (Å²) in [5.74, 6) is 2.29. The lowest BCUT2D eigenvalue weighted by Crippen LogP contribution is -2.19. The zero-order valence-corrected chi connectivity index (χ0v) is 12.8. The number of hydrogen-bond acceptors (Lipinski definition) is 3. The summed E-state index contributed by atoms with van der Waals surface area (Å²) in [5.41, 5.74) is 1.22. The molecule has 0 bridgehead atoms. The molecule has 1 aromatic carbocycles. The molecule has 0 amide bonds. The van der Waals surface area contributed by atoms with Crippen LogP contribution in [0.4, 0.5) is 0 Å². The van der Waals surface area contributed by atoms with Crippen molar-refractivity contribution in [3.63, 3.8) is 0 Å². The Bertz CT molecular complexity index is 377. The zero-order chi connectivity index (χ0) is 14.3. The zero-order valence-electron chi connectivity index (χ0n) is 12.8. The van der Waals surface area contributed by atoms with Gasteiger partial charge in [0.1, 0.15) is 0 Å². The highest BCUT2D eigenvalue weighted by atomic mass is 16.5. The maximum Gasteiger partial charge on any atom is 0.161 e. The lowest BCUT2D eigenvalue weighted by molar-refractivity contribution is 0.207. The number of rotatable bonds is 8. The molecule has 0 saturated heterocycles. The first kappa shape index (κ1) is 15.8. The van der Waals surface area contributed by atoms with Gasteiger partial charge in [0, 0.05) is 6.54 Å². The predicted molar refractivity (Wildman–Crippen MR) is 79.9 cm³/mol. The molecule has 0 fully saturated rings. The third kappa shape index (κ3) is 5.52. The molecule has 1 aromatic rings. The van der Waals surface area contributed by atoms with Crippen LogP contribution >= 0.6 is 0 Å². The number of methoxy groups -OCH3 is 1. The van der Waals surface area contributed by atoms with Crippen molar-refractivity contribution in [2.75, 3.05) is 13.7 Å². The Morgan fingerprint density at radius 1 is 1.16 bits per heavy atom. The van der Waals surface area contributed by atoms with Crippen molar-refractivity contribution >= 4 is 0 Å². The Morgan fingerprint density at radius 2 is 1.89 bits per heavy atom. The molecule has 1 rings (SSSR count). The van der Waals surface area contributed by atoms with Gasteiger partial charge in [0.25, 0.3) is 0 Å². The monoisotopic (exact) mass is 265 g/mol. The van der Waals surface area contributed by atoms with Gasteiger partial charge in [-0.25, -0.2) is 0 Å². The molecule has 1 unspecified atom stereocenters. The molecule has 1 atom stereocenters. The van der Waals surface area contributed by atoms with E-state index in [4.69, 9.17) is 9.47 Å². The topological polar surface area (TPSA) is 30.5 Å². The Balaban J connectivity index is 2.67. The minimum Gasteiger partial charge on any atom is -0.493 e. The van der Waals surface area contributed by atoms with Gasteiger partial charge in [-0.1, -0.05) is 26.8 Å². The van der Waals surface area contributed by atoms with Gasteiger partial charge in [-0.05, 0) is 43.5 Å². The maximum atomic E-state index is 5.84. The fourth-order valence-electron chi connectivity index (χ4n) is 1.72. The normalized spacial score (nSPS) is 12.5. The Hall–Kier alpha value is -1.22.